The van der Waals surface area contributed by atoms with Gasteiger partial charge in [-0.15, -0.1) is 0 Å². The summed E-state index contributed by atoms with van der Waals surface area (Å²) in [6.45, 7) is 0. The molecule has 16 heavy (non-hydrogen) atoms. The fraction of sp³-hybridized carbons (Fsp3) is 0.300. The molecule has 0 saturated heterocycles. The van der Waals surface area contributed by atoms with Crippen LogP contribution in [0.15, 0.2) is 16.6 Å². The number of hydrogen-bond acceptors (Lipinski definition) is 2. The Morgan fingerprint density at radius 1 is 1.44 bits per heavy atom. The summed E-state index contributed by atoms with van der Waals surface area (Å²) in [5, 5.41) is 8.52. The van der Waals surface area contributed by atoms with Crippen molar-refractivity contribution >= 4 is 15.9 Å². The molecule has 86 valence electrons. The van der Waals surface area contributed by atoms with Crippen LogP contribution in [0.2, 0.25) is 0 Å². The van der Waals surface area contributed by atoms with Crippen LogP contribution in [0.3, 0.4) is 0 Å². The van der Waals surface area contributed by atoms with Crippen molar-refractivity contribution in [1.82, 2.24) is 0 Å². The maximum absolute atomic E-state index is 12.5. The standard InChI is InChI=1S/C10H7BrF3NO/c1-16-9-6(2-3-15)4-7(5-8(9)11)10(12,13)14/h4-5H,2H2,1H3. The molecule has 0 bridgehead atoms. The normalized spacial score (nSPS) is 11.0. The van der Waals surface area contributed by atoms with Gasteiger partial charge in [0, 0.05) is 5.56 Å². The Morgan fingerprint density at radius 2 is 2.06 bits per heavy atom. The largest absolute Gasteiger partial charge is 0.495 e. The fourth-order valence-corrected chi connectivity index (χ4v) is 1.92. The molecule has 0 fully saturated rings. The lowest BCUT2D eigenvalue weighted by molar-refractivity contribution is -0.137. The lowest BCUT2D eigenvalue weighted by atomic mass is 10.1. The van der Waals surface area contributed by atoms with Gasteiger partial charge >= 0.3 is 6.18 Å². The molecule has 0 aliphatic heterocycles. The van der Waals surface area contributed by atoms with E-state index >= 15 is 0 Å². The summed E-state index contributed by atoms with van der Waals surface area (Å²) in [7, 11) is 1.34. The van der Waals surface area contributed by atoms with Crippen molar-refractivity contribution in [3.63, 3.8) is 0 Å². The Bertz CT molecular complexity index is 437. The van der Waals surface area contributed by atoms with Crippen molar-refractivity contribution in [3.05, 3.63) is 27.7 Å². The van der Waals surface area contributed by atoms with Gasteiger partial charge in [0.1, 0.15) is 5.75 Å². The molecule has 0 aliphatic carbocycles. The number of methoxy groups -OCH3 is 1. The predicted octanol–water partition coefficient (Wildman–Crippen LogP) is 3.54. The van der Waals surface area contributed by atoms with Crippen molar-refractivity contribution in [2.45, 2.75) is 12.6 Å². The van der Waals surface area contributed by atoms with E-state index < -0.39 is 11.7 Å². The number of halogens is 4. The van der Waals surface area contributed by atoms with Crippen LogP contribution in [0, 0.1) is 11.3 Å². The maximum Gasteiger partial charge on any atom is 0.416 e. The van der Waals surface area contributed by atoms with Crippen LogP contribution >= 0.6 is 15.9 Å². The molecule has 0 saturated carbocycles. The SMILES string of the molecule is COc1c(Br)cc(C(F)(F)F)cc1CC#N. The van der Waals surface area contributed by atoms with Crippen molar-refractivity contribution in [2.75, 3.05) is 7.11 Å². The van der Waals surface area contributed by atoms with E-state index in [1.807, 2.05) is 0 Å². The van der Waals surface area contributed by atoms with Gasteiger partial charge in [-0.3, -0.25) is 0 Å². The Morgan fingerprint density at radius 3 is 2.50 bits per heavy atom. The number of rotatable bonds is 2. The molecule has 2 nitrogen and oxygen atoms in total. The lowest BCUT2D eigenvalue weighted by Gasteiger charge is -2.13. The molecule has 1 rings (SSSR count). The molecule has 0 aromatic heterocycles. The second-order valence-corrected chi connectivity index (χ2v) is 3.84. The van der Waals surface area contributed by atoms with Gasteiger partial charge in [-0.05, 0) is 28.1 Å². The third kappa shape index (κ3) is 2.67. The zero-order chi connectivity index (χ0) is 12.3. The van der Waals surface area contributed by atoms with Gasteiger partial charge in [0.15, 0.2) is 0 Å². The molecule has 0 heterocycles. The van der Waals surface area contributed by atoms with Gasteiger partial charge in [0.05, 0.1) is 29.6 Å². The molecule has 0 atom stereocenters. The second kappa shape index (κ2) is 4.74. The van der Waals surface area contributed by atoms with E-state index in [4.69, 9.17) is 10.00 Å². The molecule has 0 amide bonds. The minimum atomic E-state index is -4.43. The smallest absolute Gasteiger partial charge is 0.416 e. The Hall–Kier alpha value is -1.22. The van der Waals surface area contributed by atoms with Gasteiger partial charge in [0.25, 0.3) is 0 Å². The van der Waals surface area contributed by atoms with E-state index in [9.17, 15) is 13.2 Å². The number of nitriles is 1. The van der Waals surface area contributed by atoms with Crippen LogP contribution in [-0.2, 0) is 12.6 Å². The number of hydrogen-bond donors (Lipinski definition) is 0. The second-order valence-electron chi connectivity index (χ2n) is 2.98. The molecular formula is C10H7BrF3NO. The van der Waals surface area contributed by atoms with Gasteiger partial charge < -0.3 is 4.74 Å². The van der Waals surface area contributed by atoms with Crippen molar-refractivity contribution in [1.29, 1.82) is 5.26 Å². The highest BCUT2D eigenvalue weighted by atomic mass is 79.9. The number of benzene rings is 1. The fourth-order valence-electron chi connectivity index (χ4n) is 1.26. The van der Waals surface area contributed by atoms with E-state index in [2.05, 4.69) is 15.9 Å². The van der Waals surface area contributed by atoms with E-state index in [0.29, 0.717) is 0 Å². The van der Waals surface area contributed by atoms with Crippen molar-refractivity contribution in [2.24, 2.45) is 0 Å². The van der Waals surface area contributed by atoms with Gasteiger partial charge in [-0.25, -0.2) is 0 Å². The van der Waals surface area contributed by atoms with E-state index in [1.54, 1.807) is 6.07 Å². The lowest BCUT2D eigenvalue weighted by Crippen LogP contribution is -2.06. The van der Waals surface area contributed by atoms with Crippen LogP contribution in [0.1, 0.15) is 11.1 Å². The van der Waals surface area contributed by atoms with E-state index in [1.165, 1.54) is 7.11 Å². The molecule has 6 heteroatoms. The quantitative estimate of drug-likeness (QED) is 0.835. The molecular weight excluding hydrogens is 287 g/mol. The zero-order valence-corrected chi connectivity index (χ0v) is 9.82. The summed E-state index contributed by atoms with van der Waals surface area (Å²) in [6, 6.07) is 3.65. The minimum absolute atomic E-state index is 0.133. The first-order valence-corrected chi connectivity index (χ1v) is 5.00. The highest BCUT2D eigenvalue weighted by molar-refractivity contribution is 9.10. The Kier molecular flexibility index (Phi) is 3.81. The summed E-state index contributed by atoms with van der Waals surface area (Å²) >= 11 is 2.99. The van der Waals surface area contributed by atoms with Gasteiger partial charge in [-0.2, -0.15) is 18.4 Å². The summed E-state index contributed by atoms with van der Waals surface area (Å²) in [5.41, 5.74) is -0.586. The monoisotopic (exact) mass is 293 g/mol. The molecule has 1 aromatic carbocycles. The summed E-state index contributed by atoms with van der Waals surface area (Å²) in [5.74, 6) is 0.259. The molecule has 0 radical (unpaired) electrons. The van der Waals surface area contributed by atoms with Gasteiger partial charge in [-0.1, -0.05) is 0 Å². The molecule has 0 N–H and O–H groups in total. The minimum Gasteiger partial charge on any atom is -0.495 e. The van der Waals surface area contributed by atoms with Crippen LogP contribution in [0.4, 0.5) is 13.2 Å². The maximum atomic E-state index is 12.5. The molecule has 0 aliphatic rings. The van der Waals surface area contributed by atoms with E-state index in [0.717, 1.165) is 12.1 Å². The van der Waals surface area contributed by atoms with Crippen LogP contribution < -0.4 is 4.74 Å². The number of ether oxygens (including phenoxy) is 1. The van der Waals surface area contributed by atoms with Crippen LogP contribution in [-0.4, -0.2) is 7.11 Å². The van der Waals surface area contributed by atoms with E-state index in [-0.39, 0.29) is 22.2 Å². The number of alkyl halides is 3. The summed E-state index contributed by atoms with van der Waals surface area (Å²) in [6.07, 6.45) is -4.56. The third-order valence-electron chi connectivity index (χ3n) is 1.92. The summed E-state index contributed by atoms with van der Waals surface area (Å²) < 4.78 is 42.6. The van der Waals surface area contributed by atoms with Gasteiger partial charge in [0.2, 0.25) is 0 Å². The Labute approximate surface area is 98.8 Å². The van der Waals surface area contributed by atoms with Crippen LogP contribution in [0.25, 0.3) is 0 Å². The van der Waals surface area contributed by atoms with Crippen molar-refractivity contribution < 1.29 is 17.9 Å². The highest BCUT2D eigenvalue weighted by Gasteiger charge is 2.32. The average molecular weight is 294 g/mol. The third-order valence-corrected chi connectivity index (χ3v) is 2.51. The first kappa shape index (κ1) is 12.8. The highest BCUT2D eigenvalue weighted by Crippen LogP contribution is 2.37. The Balaban J connectivity index is 3.35. The van der Waals surface area contributed by atoms with Crippen molar-refractivity contribution in [3.8, 4) is 11.8 Å². The topological polar surface area (TPSA) is 33.0 Å². The molecule has 1 aromatic rings. The number of nitrogens with zero attached hydrogens (tertiary/aromatic N) is 1. The average Bonchev–Trinajstić information content (AvgIpc) is 2.16. The first-order valence-electron chi connectivity index (χ1n) is 4.20. The first-order chi connectivity index (χ1) is 7.40. The molecule has 0 spiro atoms. The predicted molar refractivity (Wildman–Crippen MR) is 55.0 cm³/mol. The zero-order valence-electron chi connectivity index (χ0n) is 8.23. The molecule has 0 unspecified atom stereocenters. The summed E-state index contributed by atoms with van der Waals surface area (Å²) in [4.78, 5) is 0. The van der Waals surface area contributed by atoms with Crippen LogP contribution in [0.5, 0.6) is 5.75 Å².